The molecule has 600 valence electrons. The lowest BCUT2D eigenvalue weighted by Crippen LogP contribution is -2.46. The zero-order valence-corrected chi connectivity index (χ0v) is 65.1. The maximum absolute atomic E-state index is 13.6. The molecule has 1 saturated heterocycles. The molecule has 0 saturated carbocycles. The third-order valence-electron chi connectivity index (χ3n) is 20.7. The lowest BCUT2D eigenvalue weighted by atomic mass is 9.95. The van der Waals surface area contributed by atoms with Crippen molar-refractivity contribution in [2.45, 2.75) is 103 Å². The first kappa shape index (κ1) is 81.3. The van der Waals surface area contributed by atoms with Gasteiger partial charge in [-0.25, -0.2) is 13.2 Å². The number of halogens is 4. The number of aromatic nitrogens is 9. The standard InChI is InChI=1S/C30H27ClFN5O3.C29H27FN6O3.C28H31FN6O3/c1-3-23(38)14-20-13-22(10-11-25(20)31)34-29(39)27-24-17-36(30(40)26-5-4-12-33-26)15-18(2)28(24)37(35-27)16-19-6-8-21(32)9-7-19;1-3-25(37)32-21-10-12-22(13-11-21)33-28(38)26-23-17-35(29(39)24-5-4-14-31-24)15-18(2)27(23)36(34-26)16-19-6-8-20(30)9-7-19;1-3-24(36)33-13-10-21(11-14-33)31-27(37)25-22-17-34(28(38)23-5-4-12-30-23)15-18(2)26(22)35(32-25)16-19-6-8-20(29)9-7-19/h3-13,18,33H,1,14-17H2,2H3,(H,34,39);3-14,18,31H,1,15-17H2,2H3,(H,32,37)(H,33,38);3-9,12,18,21,30H,1,10-11,13-17H2,2H3,(H,31,37). The molecule has 0 spiro atoms. The number of nitrogens with one attached hydrogen (secondary N) is 7. The quantitative estimate of drug-likeness (QED) is 0.0330. The smallest absolute Gasteiger partial charge is 0.276 e. The molecule has 5 aromatic carbocycles. The number of nitrogens with zero attached hydrogens (tertiary/aromatic N) is 10. The Morgan fingerprint density at radius 1 is 0.462 bits per heavy atom. The summed E-state index contributed by atoms with van der Waals surface area (Å²) >= 11 is 6.26. The fraction of sp³-hybridized carbons (Fsp3) is 0.241. The number of piperidine rings is 1. The van der Waals surface area contributed by atoms with Crippen molar-refractivity contribution in [1.82, 2.24) is 69.2 Å². The van der Waals surface area contributed by atoms with Crippen LogP contribution in [0.25, 0.3) is 0 Å². The van der Waals surface area contributed by atoms with Gasteiger partial charge in [0.05, 0.1) is 39.3 Å². The summed E-state index contributed by atoms with van der Waals surface area (Å²) in [4.78, 5) is 131. The number of H-pyrrole nitrogens is 3. The maximum atomic E-state index is 13.6. The molecule has 15 rings (SSSR count). The van der Waals surface area contributed by atoms with E-state index < -0.39 is 11.8 Å². The molecule has 8 amide bonds. The highest BCUT2D eigenvalue weighted by Crippen LogP contribution is 2.37. The molecule has 6 aromatic heterocycles. The zero-order valence-electron chi connectivity index (χ0n) is 64.4. The van der Waals surface area contributed by atoms with Gasteiger partial charge in [0.25, 0.3) is 35.4 Å². The number of carbonyl (C=O) groups excluding carboxylic acids is 9. The normalized spacial score (nSPS) is 15.5. The van der Waals surface area contributed by atoms with Crippen LogP contribution in [0.2, 0.25) is 5.02 Å². The van der Waals surface area contributed by atoms with Crippen LogP contribution in [0.4, 0.5) is 30.2 Å². The minimum Gasteiger partial charge on any atom is -0.357 e. The van der Waals surface area contributed by atoms with Crippen molar-refractivity contribution in [3.8, 4) is 0 Å². The van der Waals surface area contributed by atoms with E-state index in [9.17, 15) is 56.3 Å². The average Bonchev–Trinajstić information content (AvgIpc) is 1.63. The van der Waals surface area contributed by atoms with Crippen LogP contribution in [0.3, 0.4) is 0 Å². The molecule has 3 atom stereocenters. The molecule has 4 aliphatic heterocycles. The minimum atomic E-state index is -0.459. The van der Waals surface area contributed by atoms with Crippen LogP contribution in [0, 0.1) is 17.5 Å². The summed E-state index contributed by atoms with van der Waals surface area (Å²) in [5.41, 5.74) is 11.4. The molecule has 117 heavy (non-hydrogen) atoms. The van der Waals surface area contributed by atoms with E-state index >= 15 is 0 Å². The fourth-order valence-corrected chi connectivity index (χ4v) is 15.3. The SMILES string of the molecule is C=CC(=O)Cc1cc(NC(=O)c2nn(Cc3ccc(F)cc3)c3c2CN(C(=O)c2ccc[nH]2)CC3C)ccc1Cl.C=CC(=O)N1CCC(NC(=O)c2nn(Cc3ccc(F)cc3)c3c2CN(C(=O)c2ccc[nH]2)CC3C)CC1.C=CC(=O)Nc1ccc(NC(=O)c2nn(Cc3ccc(F)cc3)c3c2CN(C(=O)c2ccc[nH]2)CC3C)cc1. The Morgan fingerprint density at radius 3 is 1.19 bits per heavy atom. The third kappa shape index (κ3) is 19.1. The van der Waals surface area contributed by atoms with Crippen molar-refractivity contribution in [3.63, 3.8) is 0 Å². The van der Waals surface area contributed by atoms with E-state index in [4.69, 9.17) is 16.7 Å². The second-order valence-electron chi connectivity index (χ2n) is 29.1. The number of likely N-dealkylation sites (tertiary alicyclic amines) is 1. The summed E-state index contributed by atoms with van der Waals surface area (Å²) in [5, 5.41) is 26.0. The Morgan fingerprint density at radius 2 is 0.829 bits per heavy atom. The Balaban J connectivity index is 0.000000152. The van der Waals surface area contributed by atoms with Gasteiger partial charge in [-0.05, 0) is 169 Å². The number of rotatable bonds is 21. The van der Waals surface area contributed by atoms with Gasteiger partial charge >= 0.3 is 0 Å². The number of aromatic amines is 3. The van der Waals surface area contributed by atoms with Crippen LogP contribution in [-0.2, 0) is 60.1 Å². The predicted octanol–water partition coefficient (Wildman–Crippen LogP) is 13.0. The summed E-state index contributed by atoms with van der Waals surface area (Å²) in [6.07, 6.45) is 10.1. The molecule has 30 heteroatoms. The van der Waals surface area contributed by atoms with Crippen molar-refractivity contribution in [1.29, 1.82) is 0 Å². The predicted molar refractivity (Wildman–Crippen MR) is 434 cm³/mol. The second-order valence-corrected chi connectivity index (χ2v) is 29.5. The number of anilines is 3. The van der Waals surface area contributed by atoms with Crippen molar-refractivity contribution >= 4 is 81.7 Å². The molecule has 0 bridgehead atoms. The second kappa shape index (κ2) is 36.2. The molecule has 11 aromatic rings. The molecule has 3 unspecified atom stereocenters. The van der Waals surface area contributed by atoms with Crippen LogP contribution in [0.5, 0.6) is 0 Å². The zero-order chi connectivity index (χ0) is 82.7. The highest BCUT2D eigenvalue weighted by Gasteiger charge is 2.39. The van der Waals surface area contributed by atoms with Crippen molar-refractivity contribution < 1.29 is 56.3 Å². The summed E-state index contributed by atoms with van der Waals surface area (Å²) in [6, 6.07) is 40.4. The molecule has 10 heterocycles. The first-order chi connectivity index (χ1) is 56.4. The van der Waals surface area contributed by atoms with Crippen molar-refractivity contribution in [3.05, 3.63) is 321 Å². The van der Waals surface area contributed by atoms with E-state index in [0.29, 0.717) is 127 Å². The van der Waals surface area contributed by atoms with Crippen molar-refractivity contribution in [2.24, 2.45) is 0 Å². The van der Waals surface area contributed by atoms with Gasteiger partial charge < -0.3 is 55.8 Å². The molecule has 26 nitrogen and oxygen atoms in total. The van der Waals surface area contributed by atoms with Gasteiger partial charge in [0.15, 0.2) is 22.9 Å². The molecule has 7 N–H and O–H groups in total. The first-order valence-electron chi connectivity index (χ1n) is 38.0. The molecular weight excluding hydrogens is 1520 g/mol. The number of hydrogen-bond acceptors (Lipinski definition) is 12. The van der Waals surface area contributed by atoms with Crippen molar-refractivity contribution in [2.75, 3.05) is 48.7 Å². The van der Waals surface area contributed by atoms with E-state index in [-0.39, 0.29) is 120 Å². The number of allylic oxidation sites excluding steroid dienone is 1. The minimum absolute atomic E-state index is 0.0566. The van der Waals surface area contributed by atoms with Gasteiger partial charge in [-0.15, -0.1) is 0 Å². The van der Waals surface area contributed by atoms with E-state index in [1.165, 1.54) is 54.6 Å². The Bertz CT molecular complexity index is 5540. The van der Waals surface area contributed by atoms with E-state index in [1.807, 2.05) is 25.5 Å². The van der Waals surface area contributed by atoms with E-state index in [0.717, 1.165) is 39.3 Å². The van der Waals surface area contributed by atoms with E-state index in [2.05, 4.69) is 66.2 Å². The van der Waals surface area contributed by atoms with Crippen LogP contribution < -0.4 is 21.3 Å². The Hall–Kier alpha value is -13.7. The number of ketones is 1. The van der Waals surface area contributed by atoms with Crippen LogP contribution in [-0.4, -0.2) is 156 Å². The molecule has 0 radical (unpaired) electrons. The van der Waals surface area contributed by atoms with Gasteiger partial charge in [-0.1, -0.05) is 88.5 Å². The molecule has 4 aliphatic rings. The largest absolute Gasteiger partial charge is 0.357 e. The maximum Gasteiger partial charge on any atom is 0.276 e. The summed E-state index contributed by atoms with van der Waals surface area (Å²) in [5.74, 6) is -3.56. The Labute approximate surface area is 676 Å². The molecular formula is C87H85ClF3N17O9. The summed E-state index contributed by atoms with van der Waals surface area (Å²) in [7, 11) is 0. The van der Waals surface area contributed by atoms with Gasteiger partial charge in [-0.2, -0.15) is 15.3 Å². The molecule has 0 aliphatic carbocycles. The van der Waals surface area contributed by atoms with Crippen LogP contribution in [0.1, 0.15) is 170 Å². The lowest BCUT2D eigenvalue weighted by Gasteiger charge is -2.32. The highest BCUT2D eigenvalue weighted by molar-refractivity contribution is 6.31. The third-order valence-corrected chi connectivity index (χ3v) is 21.1. The summed E-state index contributed by atoms with van der Waals surface area (Å²) in [6.45, 7) is 20.7. The number of fused-ring (bicyclic) bond motifs is 3. The van der Waals surface area contributed by atoms with Gasteiger partial charge in [0.1, 0.15) is 34.5 Å². The molecule has 1 fully saturated rings. The summed E-state index contributed by atoms with van der Waals surface area (Å²) < 4.78 is 45.8. The van der Waals surface area contributed by atoms with Gasteiger partial charge in [-0.3, -0.25) is 57.2 Å². The topological polar surface area (TPSA) is 316 Å². The first-order valence-corrected chi connectivity index (χ1v) is 38.4. The van der Waals surface area contributed by atoms with Crippen LogP contribution >= 0.6 is 11.6 Å². The monoisotopic (exact) mass is 1600 g/mol. The Kier molecular flexibility index (Phi) is 25.2. The lowest BCUT2D eigenvalue weighted by molar-refractivity contribution is -0.127. The highest BCUT2D eigenvalue weighted by atomic mass is 35.5. The van der Waals surface area contributed by atoms with Gasteiger partial charge in [0, 0.05) is 137 Å². The van der Waals surface area contributed by atoms with Gasteiger partial charge in [0.2, 0.25) is 11.8 Å². The number of hydrogen-bond donors (Lipinski definition) is 7. The van der Waals surface area contributed by atoms with E-state index in [1.54, 1.807) is 163 Å². The average molecular weight is 1610 g/mol. The van der Waals surface area contributed by atoms with Crippen LogP contribution in [0.15, 0.2) is 208 Å². The fourth-order valence-electron chi connectivity index (χ4n) is 15.1. The number of benzene rings is 5. The number of carbonyl (C=O) groups is 9. The number of amides is 8.